The Kier molecular flexibility index (Phi) is 5.72. The maximum absolute atomic E-state index is 13.2. The van der Waals surface area contributed by atoms with E-state index < -0.39 is 0 Å². The SMILES string of the molecule is Cc1ccc(-n2c(SCC(=O)N[C@@H](C)c3ccco3)nc3ccccc3c2=O)cc1. The second-order valence-corrected chi connectivity index (χ2v) is 7.92. The summed E-state index contributed by atoms with van der Waals surface area (Å²) >= 11 is 1.23. The van der Waals surface area contributed by atoms with Gasteiger partial charge in [0.1, 0.15) is 5.76 Å². The molecule has 30 heavy (non-hydrogen) atoms. The predicted octanol–water partition coefficient (Wildman–Crippen LogP) is 4.26. The highest BCUT2D eigenvalue weighted by Crippen LogP contribution is 2.22. The molecule has 0 fully saturated rings. The van der Waals surface area contributed by atoms with E-state index in [-0.39, 0.29) is 23.3 Å². The molecule has 0 unspecified atom stereocenters. The van der Waals surface area contributed by atoms with E-state index in [4.69, 9.17) is 4.42 Å². The summed E-state index contributed by atoms with van der Waals surface area (Å²) in [5.74, 6) is 0.650. The zero-order valence-corrected chi connectivity index (χ0v) is 17.5. The highest BCUT2D eigenvalue weighted by atomic mass is 32.2. The topological polar surface area (TPSA) is 77.1 Å². The third kappa shape index (κ3) is 4.16. The van der Waals surface area contributed by atoms with Gasteiger partial charge in [-0.05, 0) is 50.2 Å². The Morgan fingerprint density at radius 2 is 1.90 bits per heavy atom. The van der Waals surface area contributed by atoms with E-state index in [1.165, 1.54) is 11.8 Å². The zero-order valence-electron chi connectivity index (χ0n) is 16.7. The van der Waals surface area contributed by atoms with Crippen LogP contribution in [0.5, 0.6) is 0 Å². The fourth-order valence-electron chi connectivity index (χ4n) is 3.15. The second kappa shape index (κ2) is 8.59. The van der Waals surface area contributed by atoms with Crippen molar-refractivity contribution in [3.05, 3.63) is 88.6 Å². The molecule has 0 aliphatic rings. The highest BCUT2D eigenvalue weighted by Gasteiger charge is 2.16. The van der Waals surface area contributed by atoms with Crippen LogP contribution in [0.15, 0.2) is 81.3 Å². The summed E-state index contributed by atoms with van der Waals surface area (Å²) in [6.07, 6.45) is 1.58. The predicted molar refractivity (Wildman–Crippen MR) is 118 cm³/mol. The highest BCUT2D eigenvalue weighted by molar-refractivity contribution is 7.99. The number of hydrogen-bond acceptors (Lipinski definition) is 5. The number of fused-ring (bicyclic) bond motifs is 1. The summed E-state index contributed by atoms with van der Waals surface area (Å²) in [6, 6.07) is 18.3. The average molecular weight is 420 g/mol. The van der Waals surface area contributed by atoms with Crippen LogP contribution in [0.2, 0.25) is 0 Å². The van der Waals surface area contributed by atoms with E-state index in [0.29, 0.717) is 21.8 Å². The molecule has 6 nitrogen and oxygen atoms in total. The number of rotatable bonds is 6. The van der Waals surface area contributed by atoms with Gasteiger partial charge in [-0.2, -0.15) is 0 Å². The lowest BCUT2D eigenvalue weighted by molar-refractivity contribution is -0.119. The van der Waals surface area contributed by atoms with E-state index >= 15 is 0 Å². The van der Waals surface area contributed by atoms with Gasteiger partial charge in [0.2, 0.25) is 5.91 Å². The van der Waals surface area contributed by atoms with Crippen LogP contribution >= 0.6 is 11.8 Å². The third-order valence-corrected chi connectivity index (χ3v) is 5.66. The van der Waals surface area contributed by atoms with Gasteiger partial charge in [-0.15, -0.1) is 0 Å². The van der Waals surface area contributed by atoms with Gasteiger partial charge < -0.3 is 9.73 Å². The molecule has 0 radical (unpaired) electrons. The molecule has 1 atom stereocenters. The van der Waals surface area contributed by atoms with Gasteiger partial charge in [-0.25, -0.2) is 4.98 Å². The molecule has 1 N–H and O–H groups in total. The Labute approximate surface area is 177 Å². The van der Waals surface area contributed by atoms with Crippen molar-refractivity contribution < 1.29 is 9.21 Å². The number of para-hydroxylation sites is 1. The lowest BCUT2D eigenvalue weighted by Crippen LogP contribution is -2.28. The number of hydrogen-bond donors (Lipinski definition) is 1. The van der Waals surface area contributed by atoms with E-state index in [9.17, 15) is 9.59 Å². The van der Waals surface area contributed by atoms with Crippen molar-refractivity contribution in [1.29, 1.82) is 0 Å². The monoisotopic (exact) mass is 419 g/mol. The number of aryl methyl sites for hydroxylation is 1. The van der Waals surface area contributed by atoms with Crippen LogP contribution in [0, 0.1) is 6.92 Å². The molecule has 4 aromatic rings. The van der Waals surface area contributed by atoms with Gasteiger partial charge >= 0.3 is 0 Å². The fourth-order valence-corrected chi connectivity index (χ4v) is 3.98. The van der Waals surface area contributed by atoms with Crippen LogP contribution in [-0.2, 0) is 4.79 Å². The van der Waals surface area contributed by atoms with Crippen LogP contribution in [0.3, 0.4) is 0 Å². The van der Waals surface area contributed by atoms with Crippen LogP contribution in [0.1, 0.15) is 24.3 Å². The van der Waals surface area contributed by atoms with E-state index in [0.717, 1.165) is 11.3 Å². The molecule has 0 aliphatic carbocycles. The van der Waals surface area contributed by atoms with Crippen molar-refractivity contribution in [2.75, 3.05) is 5.75 Å². The normalized spacial score (nSPS) is 12.1. The minimum atomic E-state index is -0.239. The van der Waals surface area contributed by atoms with Crippen LogP contribution < -0.4 is 10.9 Å². The lowest BCUT2D eigenvalue weighted by Gasteiger charge is -2.14. The Bertz CT molecular complexity index is 1230. The van der Waals surface area contributed by atoms with Crippen molar-refractivity contribution in [3.63, 3.8) is 0 Å². The van der Waals surface area contributed by atoms with Crippen molar-refractivity contribution >= 4 is 28.6 Å². The fraction of sp³-hybridized carbons (Fsp3) is 0.174. The number of carbonyl (C=O) groups is 1. The minimum Gasteiger partial charge on any atom is -0.467 e. The molecule has 152 valence electrons. The molecule has 2 aromatic carbocycles. The van der Waals surface area contributed by atoms with Gasteiger partial charge in [0.05, 0.1) is 34.6 Å². The number of thioether (sulfide) groups is 1. The smallest absolute Gasteiger partial charge is 0.266 e. The molecule has 0 aliphatic heterocycles. The zero-order chi connectivity index (χ0) is 21.1. The molecule has 2 heterocycles. The summed E-state index contributed by atoms with van der Waals surface area (Å²) in [7, 11) is 0. The summed E-state index contributed by atoms with van der Waals surface area (Å²) in [5, 5.41) is 3.92. The lowest BCUT2D eigenvalue weighted by atomic mass is 10.2. The molecule has 2 aromatic heterocycles. The van der Waals surface area contributed by atoms with E-state index in [1.54, 1.807) is 29.0 Å². The van der Waals surface area contributed by atoms with Crippen LogP contribution in [0.4, 0.5) is 0 Å². The van der Waals surface area contributed by atoms with Gasteiger partial charge in [-0.3, -0.25) is 14.2 Å². The average Bonchev–Trinajstić information content (AvgIpc) is 3.28. The first-order chi connectivity index (χ1) is 14.5. The third-order valence-electron chi connectivity index (χ3n) is 4.72. The van der Waals surface area contributed by atoms with E-state index in [2.05, 4.69) is 10.3 Å². The standard InChI is InChI=1S/C23H21N3O3S/c1-15-9-11-17(12-10-15)26-22(28)18-6-3-4-7-19(18)25-23(26)30-14-21(27)24-16(2)20-8-5-13-29-20/h3-13,16H,14H2,1-2H3,(H,24,27)/t16-/m0/s1. The first-order valence-corrected chi connectivity index (χ1v) is 10.6. The maximum atomic E-state index is 13.2. The largest absolute Gasteiger partial charge is 0.467 e. The van der Waals surface area contributed by atoms with Crippen molar-refractivity contribution in [3.8, 4) is 5.69 Å². The number of aromatic nitrogens is 2. The molecular weight excluding hydrogens is 398 g/mol. The number of carbonyl (C=O) groups excluding carboxylic acids is 1. The van der Waals surface area contributed by atoms with Crippen LogP contribution in [0.25, 0.3) is 16.6 Å². The van der Waals surface area contributed by atoms with Gasteiger partial charge in [0, 0.05) is 0 Å². The molecule has 0 saturated carbocycles. The maximum Gasteiger partial charge on any atom is 0.266 e. The summed E-state index contributed by atoms with van der Waals surface area (Å²) < 4.78 is 6.90. The summed E-state index contributed by atoms with van der Waals surface area (Å²) in [4.78, 5) is 30.3. The number of furan rings is 1. The molecule has 0 saturated heterocycles. The van der Waals surface area contributed by atoms with Gasteiger partial charge in [0.15, 0.2) is 5.16 Å². The van der Waals surface area contributed by atoms with Gasteiger partial charge in [0.25, 0.3) is 5.56 Å². The first kappa shape index (κ1) is 20.0. The Morgan fingerprint density at radius 1 is 1.13 bits per heavy atom. The molecule has 0 bridgehead atoms. The number of nitrogens with one attached hydrogen (secondary N) is 1. The number of amides is 1. The van der Waals surface area contributed by atoms with Crippen LogP contribution in [-0.4, -0.2) is 21.2 Å². The molecular formula is C23H21N3O3S. The second-order valence-electron chi connectivity index (χ2n) is 6.98. The van der Waals surface area contributed by atoms with E-state index in [1.807, 2.05) is 56.3 Å². The number of benzene rings is 2. The minimum absolute atomic E-state index is 0.127. The molecule has 7 heteroatoms. The van der Waals surface area contributed by atoms with Crippen molar-refractivity contribution in [2.45, 2.75) is 25.0 Å². The molecule has 4 rings (SSSR count). The van der Waals surface area contributed by atoms with Crippen molar-refractivity contribution in [2.24, 2.45) is 0 Å². The molecule has 1 amide bonds. The quantitative estimate of drug-likeness (QED) is 0.373. The number of nitrogens with zero attached hydrogens (tertiary/aromatic N) is 2. The Balaban J connectivity index is 1.64. The molecule has 0 spiro atoms. The van der Waals surface area contributed by atoms with Crippen molar-refractivity contribution in [1.82, 2.24) is 14.9 Å². The Hall–Kier alpha value is -3.32. The van der Waals surface area contributed by atoms with Gasteiger partial charge in [-0.1, -0.05) is 41.6 Å². The first-order valence-electron chi connectivity index (χ1n) is 9.57. The summed E-state index contributed by atoms with van der Waals surface area (Å²) in [5.41, 5.74) is 2.27. The summed E-state index contributed by atoms with van der Waals surface area (Å²) in [6.45, 7) is 3.85. The Morgan fingerprint density at radius 3 is 2.63 bits per heavy atom.